The van der Waals surface area contributed by atoms with Crippen LogP contribution in [0.25, 0.3) is 22.6 Å². The summed E-state index contributed by atoms with van der Waals surface area (Å²) in [7, 11) is 0. The molecule has 0 bridgehead atoms. The van der Waals surface area contributed by atoms with Crippen molar-refractivity contribution in [3.05, 3.63) is 47.5 Å². The first kappa shape index (κ1) is 10.2. The summed E-state index contributed by atoms with van der Waals surface area (Å²) in [5.41, 5.74) is 1.93. The quantitative estimate of drug-likeness (QED) is 0.708. The van der Waals surface area contributed by atoms with Gasteiger partial charge < -0.3 is 9.52 Å². The van der Waals surface area contributed by atoms with Crippen LogP contribution in [0.3, 0.4) is 0 Å². The summed E-state index contributed by atoms with van der Waals surface area (Å²) < 4.78 is 5.56. The predicted octanol–water partition coefficient (Wildman–Crippen LogP) is 3.85. The van der Waals surface area contributed by atoms with Gasteiger partial charge in [-0.05, 0) is 24.3 Å². The molecule has 0 unspecified atom stereocenters. The minimum atomic E-state index is -0.0132. The van der Waals surface area contributed by atoms with Crippen LogP contribution in [0, 0.1) is 0 Å². The van der Waals surface area contributed by atoms with E-state index in [0.29, 0.717) is 17.0 Å². The maximum Gasteiger partial charge on any atom is 0.231 e. The fourth-order valence-corrected chi connectivity index (χ4v) is 1.85. The lowest BCUT2D eigenvalue weighted by Gasteiger charge is -2.00. The van der Waals surface area contributed by atoms with Gasteiger partial charge in [-0.3, -0.25) is 0 Å². The van der Waals surface area contributed by atoms with Crippen molar-refractivity contribution in [2.45, 2.75) is 0 Å². The molecule has 2 aromatic carbocycles. The van der Waals surface area contributed by atoms with Gasteiger partial charge in [0.2, 0.25) is 5.89 Å². The Bertz CT molecular complexity index is 658. The number of oxazole rings is 1. The van der Waals surface area contributed by atoms with E-state index in [1.165, 1.54) is 0 Å². The molecule has 0 aliphatic heterocycles. The maximum atomic E-state index is 9.84. The number of phenolic OH excluding ortho intramolecular Hbond substituents is 1. The molecule has 0 saturated carbocycles. The first-order valence-electron chi connectivity index (χ1n) is 5.09. The van der Waals surface area contributed by atoms with E-state index in [1.54, 1.807) is 18.2 Å². The molecule has 0 amide bonds. The SMILES string of the molecule is Oc1c(Cl)cccc1-c1nc2ccccc2o1. The van der Waals surface area contributed by atoms with Crippen molar-refractivity contribution in [1.29, 1.82) is 0 Å². The van der Waals surface area contributed by atoms with Crippen LogP contribution in [0.1, 0.15) is 0 Å². The summed E-state index contributed by atoms with van der Waals surface area (Å²) in [6, 6.07) is 12.5. The number of hydrogen-bond donors (Lipinski definition) is 1. The average molecular weight is 246 g/mol. The van der Waals surface area contributed by atoms with Crippen LogP contribution in [-0.4, -0.2) is 10.1 Å². The highest BCUT2D eigenvalue weighted by atomic mass is 35.5. The van der Waals surface area contributed by atoms with Crippen LogP contribution in [0.2, 0.25) is 5.02 Å². The number of nitrogens with zero attached hydrogens (tertiary/aromatic N) is 1. The fourth-order valence-electron chi connectivity index (χ4n) is 1.68. The number of para-hydroxylation sites is 3. The van der Waals surface area contributed by atoms with Gasteiger partial charge in [-0.15, -0.1) is 0 Å². The number of rotatable bonds is 1. The van der Waals surface area contributed by atoms with Crippen LogP contribution in [0.15, 0.2) is 46.9 Å². The predicted molar refractivity (Wildman–Crippen MR) is 66.1 cm³/mol. The third kappa shape index (κ3) is 1.65. The molecule has 1 N–H and O–H groups in total. The number of aromatic nitrogens is 1. The molecule has 0 spiro atoms. The number of fused-ring (bicyclic) bond motifs is 1. The van der Waals surface area contributed by atoms with E-state index in [1.807, 2.05) is 24.3 Å². The lowest BCUT2D eigenvalue weighted by molar-refractivity contribution is 0.474. The van der Waals surface area contributed by atoms with Gasteiger partial charge in [0.1, 0.15) is 11.3 Å². The fraction of sp³-hybridized carbons (Fsp3) is 0. The second-order valence-electron chi connectivity index (χ2n) is 3.62. The van der Waals surface area contributed by atoms with Crippen LogP contribution in [-0.2, 0) is 0 Å². The van der Waals surface area contributed by atoms with Crippen LogP contribution >= 0.6 is 11.6 Å². The molecule has 1 heterocycles. The second kappa shape index (κ2) is 3.79. The molecule has 84 valence electrons. The molecule has 3 nitrogen and oxygen atoms in total. The molecule has 0 radical (unpaired) electrons. The minimum Gasteiger partial charge on any atom is -0.506 e. The topological polar surface area (TPSA) is 46.3 Å². The standard InChI is InChI=1S/C13H8ClNO2/c14-9-5-3-4-8(12(9)16)13-15-10-6-1-2-7-11(10)17-13/h1-7,16H. The Balaban J connectivity index is 2.24. The average Bonchev–Trinajstić information content (AvgIpc) is 2.76. The number of aromatic hydroxyl groups is 1. The summed E-state index contributed by atoms with van der Waals surface area (Å²) in [4.78, 5) is 4.30. The Morgan fingerprint density at radius 1 is 1.06 bits per heavy atom. The minimum absolute atomic E-state index is 0.0132. The van der Waals surface area contributed by atoms with Gasteiger partial charge in [-0.25, -0.2) is 4.98 Å². The molecule has 0 atom stereocenters. The zero-order valence-electron chi connectivity index (χ0n) is 8.72. The summed E-state index contributed by atoms with van der Waals surface area (Å²) in [6.45, 7) is 0. The molecule has 0 saturated heterocycles. The first-order chi connectivity index (χ1) is 8.25. The van der Waals surface area contributed by atoms with Crippen molar-refractivity contribution in [3.8, 4) is 17.2 Å². The van der Waals surface area contributed by atoms with E-state index in [-0.39, 0.29) is 10.8 Å². The molecule has 0 fully saturated rings. The molecule has 3 aromatic rings. The van der Waals surface area contributed by atoms with E-state index < -0.39 is 0 Å². The van der Waals surface area contributed by atoms with Gasteiger partial charge in [0.25, 0.3) is 0 Å². The van der Waals surface area contributed by atoms with Crippen molar-refractivity contribution < 1.29 is 9.52 Å². The van der Waals surface area contributed by atoms with E-state index >= 15 is 0 Å². The van der Waals surface area contributed by atoms with Gasteiger partial charge in [-0.1, -0.05) is 29.8 Å². The van der Waals surface area contributed by atoms with Crippen molar-refractivity contribution in [1.82, 2.24) is 4.98 Å². The van der Waals surface area contributed by atoms with Gasteiger partial charge in [0, 0.05) is 0 Å². The highest BCUT2D eigenvalue weighted by Crippen LogP contribution is 2.35. The zero-order chi connectivity index (χ0) is 11.8. The first-order valence-corrected chi connectivity index (χ1v) is 5.47. The Hall–Kier alpha value is -2.00. The molecular formula is C13H8ClNO2. The number of benzene rings is 2. The highest BCUT2D eigenvalue weighted by molar-refractivity contribution is 6.32. The highest BCUT2D eigenvalue weighted by Gasteiger charge is 2.13. The van der Waals surface area contributed by atoms with E-state index in [4.69, 9.17) is 16.0 Å². The van der Waals surface area contributed by atoms with Crippen molar-refractivity contribution in [2.75, 3.05) is 0 Å². The molecule has 17 heavy (non-hydrogen) atoms. The Morgan fingerprint density at radius 2 is 1.88 bits per heavy atom. The molecule has 4 heteroatoms. The number of phenols is 1. The molecule has 1 aromatic heterocycles. The maximum absolute atomic E-state index is 9.84. The van der Waals surface area contributed by atoms with Gasteiger partial charge in [-0.2, -0.15) is 0 Å². The van der Waals surface area contributed by atoms with Crippen LogP contribution in [0.5, 0.6) is 5.75 Å². The van der Waals surface area contributed by atoms with Crippen LogP contribution < -0.4 is 0 Å². The molecule has 3 rings (SSSR count). The smallest absolute Gasteiger partial charge is 0.231 e. The normalized spacial score (nSPS) is 10.9. The van der Waals surface area contributed by atoms with Crippen LogP contribution in [0.4, 0.5) is 0 Å². The van der Waals surface area contributed by atoms with Gasteiger partial charge >= 0.3 is 0 Å². The zero-order valence-corrected chi connectivity index (χ0v) is 9.48. The number of hydrogen-bond acceptors (Lipinski definition) is 3. The van der Waals surface area contributed by atoms with E-state index in [2.05, 4.69) is 4.98 Å². The molecular weight excluding hydrogens is 238 g/mol. The monoisotopic (exact) mass is 245 g/mol. The summed E-state index contributed by atoms with van der Waals surface area (Å²) in [5.74, 6) is 0.354. The molecule has 0 aliphatic carbocycles. The van der Waals surface area contributed by atoms with E-state index in [0.717, 1.165) is 5.52 Å². The van der Waals surface area contributed by atoms with Gasteiger partial charge in [0.05, 0.1) is 10.6 Å². The Kier molecular flexibility index (Phi) is 2.27. The Labute approximate surface area is 102 Å². The third-order valence-corrected chi connectivity index (χ3v) is 2.82. The second-order valence-corrected chi connectivity index (χ2v) is 4.03. The summed E-state index contributed by atoms with van der Waals surface area (Å²) >= 11 is 5.84. The van der Waals surface area contributed by atoms with Crippen molar-refractivity contribution in [3.63, 3.8) is 0 Å². The van der Waals surface area contributed by atoms with Crippen molar-refractivity contribution in [2.24, 2.45) is 0 Å². The Morgan fingerprint density at radius 3 is 2.71 bits per heavy atom. The number of halogens is 1. The largest absolute Gasteiger partial charge is 0.506 e. The summed E-state index contributed by atoms with van der Waals surface area (Å²) in [6.07, 6.45) is 0. The summed E-state index contributed by atoms with van der Waals surface area (Å²) in [5, 5.41) is 10.1. The lowest BCUT2D eigenvalue weighted by atomic mass is 10.2. The molecule has 0 aliphatic rings. The van der Waals surface area contributed by atoms with Crippen molar-refractivity contribution >= 4 is 22.7 Å². The van der Waals surface area contributed by atoms with E-state index in [9.17, 15) is 5.11 Å². The lowest BCUT2D eigenvalue weighted by Crippen LogP contribution is -1.79. The van der Waals surface area contributed by atoms with Gasteiger partial charge in [0.15, 0.2) is 5.58 Å². The third-order valence-electron chi connectivity index (χ3n) is 2.51.